The summed E-state index contributed by atoms with van der Waals surface area (Å²) >= 11 is 0. The van der Waals surface area contributed by atoms with Crippen LogP contribution in [0, 0.1) is 12.2 Å². The van der Waals surface area contributed by atoms with Crippen molar-refractivity contribution in [2.24, 2.45) is 0 Å². The van der Waals surface area contributed by atoms with Crippen molar-refractivity contribution in [2.45, 2.75) is 0 Å². The molecule has 0 aromatic heterocycles. The van der Waals surface area contributed by atoms with Gasteiger partial charge >= 0.3 is 19.5 Å². The molecule has 1 aromatic carbocycles. The Bertz CT molecular complexity index is 728. The monoisotopic (exact) mass is 350 g/mol. The zero-order valence-electron chi connectivity index (χ0n) is 11.2. The molecule has 0 unspecified atom stereocenters. The van der Waals surface area contributed by atoms with E-state index in [0.29, 0.717) is 0 Å². The molecule has 1 aliphatic carbocycles. The second-order valence-electron chi connectivity index (χ2n) is 4.12. The summed E-state index contributed by atoms with van der Waals surface area (Å²) in [6.07, 6.45) is 6.54. The van der Waals surface area contributed by atoms with E-state index in [1.807, 2.05) is 0 Å². The minimum absolute atomic E-state index is 0. The van der Waals surface area contributed by atoms with Gasteiger partial charge in [-0.05, 0) is 0 Å². The maximum atomic E-state index is 11.0. The Morgan fingerprint density at radius 1 is 1.09 bits per heavy atom. The number of phenolic OH excluding ortho intramolecular Hbond substituents is 2. The van der Waals surface area contributed by atoms with Crippen molar-refractivity contribution < 1.29 is 49.8 Å². The Labute approximate surface area is 138 Å². The molecule has 0 fully saturated rings. The molecule has 22 heavy (non-hydrogen) atoms. The number of hydrogen-bond donors (Lipinski definition) is 5. The van der Waals surface area contributed by atoms with E-state index in [0.717, 1.165) is 18.2 Å². The van der Waals surface area contributed by atoms with Crippen LogP contribution in [0.5, 0.6) is 11.5 Å². The zero-order chi connectivity index (χ0) is 15.6. The standard InChI is InChI=1S/C15H10O6.Zn/c16-9-2-3-10(12(18)7-9)15(21)14(20)6-8-1-4-11(17)13(19)5-8;/h1-2,4-5,7,17-21H;/q-2;+2/b15-10-;. The van der Waals surface area contributed by atoms with Gasteiger partial charge in [-0.1, -0.05) is 35.9 Å². The van der Waals surface area contributed by atoms with E-state index in [9.17, 15) is 25.2 Å². The Morgan fingerprint density at radius 2 is 1.77 bits per heavy atom. The Kier molecular flexibility index (Phi) is 5.54. The molecule has 2 rings (SSSR count). The van der Waals surface area contributed by atoms with E-state index in [1.165, 1.54) is 12.1 Å². The van der Waals surface area contributed by atoms with E-state index in [4.69, 9.17) is 5.11 Å². The smallest absolute Gasteiger partial charge is 0.551 e. The molecule has 0 atom stereocenters. The first kappa shape index (κ1) is 17.5. The number of ketones is 1. The summed E-state index contributed by atoms with van der Waals surface area (Å²) in [6, 6.07) is 3.63. The van der Waals surface area contributed by atoms with Crippen LogP contribution in [0.15, 0.2) is 53.2 Å². The average Bonchev–Trinajstić information content (AvgIpc) is 2.42. The number of aliphatic hydroxyl groups is 3. The maximum absolute atomic E-state index is 11.0. The van der Waals surface area contributed by atoms with Crippen LogP contribution in [0.25, 0.3) is 0 Å². The Balaban J connectivity index is 0.00000242. The molecule has 108 valence electrons. The van der Waals surface area contributed by atoms with Crippen LogP contribution >= 0.6 is 0 Å². The number of allylic oxidation sites excluding steroid dienone is 3. The molecular weight excluding hydrogens is 342 g/mol. The number of hydrogen-bond acceptors (Lipinski definition) is 6. The zero-order valence-corrected chi connectivity index (χ0v) is 14.2. The quantitative estimate of drug-likeness (QED) is 0.240. The fraction of sp³-hybridized carbons (Fsp3) is 0. The van der Waals surface area contributed by atoms with Crippen LogP contribution in [-0.4, -0.2) is 31.3 Å². The van der Waals surface area contributed by atoms with Crippen molar-refractivity contribution in [3.8, 4) is 11.5 Å². The minimum Gasteiger partial charge on any atom is -0.551 e. The summed E-state index contributed by atoms with van der Waals surface area (Å²) in [4.78, 5) is 11.0. The summed E-state index contributed by atoms with van der Waals surface area (Å²) in [5.41, 5.74) is -0.0862. The molecule has 0 bridgehead atoms. The molecule has 5 N–H and O–H groups in total. The van der Waals surface area contributed by atoms with Crippen molar-refractivity contribution in [3.05, 3.63) is 70.9 Å². The van der Waals surface area contributed by atoms with E-state index in [1.54, 1.807) is 0 Å². The largest absolute Gasteiger partial charge is 2.00 e. The topological polar surface area (TPSA) is 118 Å². The van der Waals surface area contributed by atoms with Crippen LogP contribution < -0.4 is 0 Å². The van der Waals surface area contributed by atoms with Crippen LogP contribution in [0.4, 0.5) is 0 Å². The fourth-order valence-corrected chi connectivity index (χ4v) is 1.57. The van der Waals surface area contributed by atoms with E-state index >= 15 is 0 Å². The van der Waals surface area contributed by atoms with Gasteiger partial charge in [-0.2, -0.15) is 0 Å². The number of phenols is 2. The van der Waals surface area contributed by atoms with Crippen molar-refractivity contribution in [3.63, 3.8) is 0 Å². The fourth-order valence-electron chi connectivity index (χ4n) is 1.57. The molecular formula is C15H10O6Zn. The predicted molar refractivity (Wildman–Crippen MR) is 71.4 cm³/mol. The number of carbonyl (C=O) groups is 1. The third-order valence-corrected chi connectivity index (χ3v) is 2.59. The minimum atomic E-state index is -0.736. The van der Waals surface area contributed by atoms with Gasteiger partial charge in [0, 0.05) is 5.76 Å². The van der Waals surface area contributed by atoms with Crippen LogP contribution in [0.3, 0.4) is 0 Å². The number of benzene rings is 1. The average molecular weight is 352 g/mol. The predicted octanol–water partition coefficient (Wildman–Crippen LogP) is 1.88. The number of aliphatic hydroxyl groups excluding tert-OH is 3. The van der Waals surface area contributed by atoms with Gasteiger partial charge in [0.15, 0.2) is 0 Å². The molecule has 0 aliphatic heterocycles. The van der Waals surface area contributed by atoms with E-state index < -0.39 is 28.8 Å². The molecule has 0 saturated carbocycles. The molecule has 1 aliphatic rings. The molecule has 0 saturated heterocycles. The van der Waals surface area contributed by atoms with E-state index in [-0.39, 0.29) is 36.4 Å². The Hall–Kier alpha value is -2.53. The van der Waals surface area contributed by atoms with Gasteiger partial charge in [0.1, 0.15) is 11.5 Å². The molecule has 0 radical (unpaired) electrons. The third kappa shape index (κ3) is 3.77. The van der Waals surface area contributed by atoms with Crippen LogP contribution in [-0.2, 0) is 24.3 Å². The molecule has 0 amide bonds. The van der Waals surface area contributed by atoms with Gasteiger partial charge in [0.25, 0.3) is 0 Å². The van der Waals surface area contributed by atoms with Gasteiger partial charge in [0.2, 0.25) is 0 Å². The summed E-state index contributed by atoms with van der Waals surface area (Å²) < 4.78 is 0. The number of rotatable bonds is 2. The van der Waals surface area contributed by atoms with Crippen molar-refractivity contribution in [1.82, 2.24) is 0 Å². The maximum Gasteiger partial charge on any atom is 2.00 e. The molecule has 1 aromatic rings. The van der Waals surface area contributed by atoms with Crippen molar-refractivity contribution in [2.75, 3.05) is 0 Å². The molecule has 7 heteroatoms. The van der Waals surface area contributed by atoms with Gasteiger partial charge in [-0.25, -0.2) is 0 Å². The van der Waals surface area contributed by atoms with E-state index in [2.05, 4.69) is 12.2 Å². The first-order valence-corrected chi connectivity index (χ1v) is 5.71. The summed E-state index contributed by atoms with van der Waals surface area (Å²) in [5, 5.41) is 47.5. The SMILES string of the molecule is O=C1C=[C-]/C(=C(/O)C(O)=[C-]c2ccc(O)c(O)c2)C(O)=C1.[Zn+2]. The van der Waals surface area contributed by atoms with Crippen molar-refractivity contribution in [1.29, 1.82) is 0 Å². The third-order valence-electron chi connectivity index (χ3n) is 2.59. The number of carbonyl (C=O) groups excluding carboxylic acids is 1. The number of aromatic hydroxyl groups is 2. The normalized spacial score (nSPS) is 16.8. The molecule has 6 nitrogen and oxygen atoms in total. The summed E-state index contributed by atoms with van der Waals surface area (Å²) in [5.74, 6) is -3.27. The first-order chi connectivity index (χ1) is 9.88. The summed E-state index contributed by atoms with van der Waals surface area (Å²) in [7, 11) is 0. The molecule has 0 heterocycles. The second-order valence-corrected chi connectivity index (χ2v) is 4.12. The summed E-state index contributed by atoms with van der Waals surface area (Å²) in [6.45, 7) is 0. The van der Waals surface area contributed by atoms with Gasteiger partial charge in [-0.15, -0.1) is 17.7 Å². The van der Waals surface area contributed by atoms with Gasteiger partial charge in [-0.3, -0.25) is 0 Å². The second kappa shape index (κ2) is 6.96. The van der Waals surface area contributed by atoms with Gasteiger partial charge in [0.05, 0.1) is 17.3 Å². The van der Waals surface area contributed by atoms with Crippen LogP contribution in [0.1, 0.15) is 5.56 Å². The Morgan fingerprint density at radius 3 is 2.36 bits per heavy atom. The van der Waals surface area contributed by atoms with Crippen molar-refractivity contribution >= 4 is 5.78 Å². The van der Waals surface area contributed by atoms with Gasteiger partial charge < -0.3 is 30.3 Å². The first-order valence-electron chi connectivity index (χ1n) is 5.71. The van der Waals surface area contributed by atoms with Crippen LogP contribution in [0.2, 0.25) is 0 Å². The molecule has 0 spiro atoms.